The number of fused-ring (bicyclic) bond motifs is 6. The zero-order valence-corrected chi connectivity index (χ0v) is 17.2. The van der Waals surface area contributed by atoms with Gasteiger partial charge in [0.25, 0.3) is 0 Å². The molecule has 0 bridgehead atoms. The van der Waals surface area contributed by atoms with E-state index in [1.165, 1.54) is 62.5 Å². The van der Waals surface area contributed by atoms with Crippen LogP contribution in [0.5, 0.6) is 0 Å². The van der Waals surface area contributed by atoms with Crippen LogP contribution < -0.4 is 0 Å². The Morgan fingerprint density at radius 2 is 1.96 bits per heavy atom. The molecule has 3 nitrogen and oxygen atoms in total. The van der Waals surface area contributed by atoms with Crippen LogP contribution in [0.15, 0.2) is 42.4 Å². The maximum Gasteiger partial charge on any atom is 0.162 e. The summed E-state index contributed by atoms with van der Waals surface area (Å²) in [7, 11) is 0. The molecule has 2 saturated carbocycles. The average molecular weight is 374 g/mol. The smallest absolute Gasteiger partial charge is 0.162 e. The van der Waals surface area contributed by atoms with Gasteiger partial charge in [0.1, 0.15) is 0 Å². The highest BCUT2D eigenvalue weighted by Crippen LogP contribution is 2.66. The van der Waals surface area contributed by atoms with Gasteiger partial charge in [-0.1, -0.05) is 38.0 Å². The van der Waals surface area contributed by atoms with Crippen LogP contribution in [0.25, 0.3) is 11.2 Å². The van der Waals surface area contributed by atoms with Gasteiger partial charge >= 0.3 is 0 Å². The van der Waals surface area contributed by atoms with Gasteiger partial charge in [0, 0.05) is 18.0 Å². The summed E-state index contributed by atoms with van der Waals surface area (Å²) in [6.45, 7) is 5.15. The largest absolute Gasteiger partial charge is 0.236 e. The van der Waals surface area contributed by atoms with Gasteiger partial charge in [0.15, 0.2) is 5.65 Å². The van der Waals surface area contributed by atoms with E-state index in [1.807, 2.05) is 28.5 Å². The van der Waals surface area contributed by atoms with Crippen molar-refractivity contribution < 1.29 is 0 Å². The third-order valence-electron chi connectivity index (χ3n) is 9.17. The zero-order chi connectivity index (χ0) is 18.9. The summed E-state index contributed by atoms with van der Waals surface area (Å²) >= 11 is 0. The van der Waals surface area contributed by atoms with Crippen molar-refractivity contribution in [3.63, 3.8) is 0 Å². The second-order valence-corrected chi connectivity index (χ2v) is 10.2. The molecule has 2 heterocycles. The monoisotopic (exact) mass is 373 g/mol. The highest BCUT2D eigenvalue weighted by molar-refractivity contribution is 5.80. The van der Waals surface area contributed by atoms with Crippen LogP contribution in [0.1, 0.15) is 70.8 Å². The maximum absolute atomic E-state index is 4.65. The molecule has 3 heteroatoms. The molecule has 28 heavy (non-hydrogen) atoms. The van der Waals surface area contributed by atoms with Gasteiger partial charge < -0.3 is 0 Å². The topological polar surface area (TPSA) is 30.2 Å². The number of hydrogen-bond acceptors (Lipinski definition) is 2. The van der Waals surface area contributed by atoms with Crippen molar-refractivity contribution in [2.75, 3.05) is 0 Å². The summed E-state index contributed by atoms with van der Waals surface area (Å²) < 4.78 is 1.93. The minimum Gasteiger partial charge on any atom is -0.236 e. The Morgan fingerprint density at radius 1 is 1.04 bits per heavy atom. The quantitative estimate of drug-likeness (QED) is 0.567. The summed E-state index contributed by atoms with van der Waals surface area (Å²) in [6, 6.07) is 1.96. The van der Waals surface area contributed by atoms with Crippen LogP contribution in [0.2, 0.25) is 0 Å². The predicted molar refractivity (Wildman–Crippen MR) is 113 cm³/mol. The predicted octanol–water partition coefficient (Wildman–Crippen LogP) is 6.08. The number of allylic oxidation sites excluding steroid dienone is 4. The van der Waals surface area contributed by atoms with Gasteiger partial charge in [-0.2, -0.15) is 5.10 Å². The molecule has 4 unspecified atom stereocenters. The minimum absolute atomic E-state index is 0.276. The molecular weight excluding hydrogens is 342 g/mol. The third kappa shape index (κ3) is 2.11. The van der Waals surface area contributed by atoms with Crippen molar-refractivity contribution in [1.29, 1.82) is 0 Å². The van der Waals surface area contributed by atoms with E-state index in [1.54, 1.807) is 0 Å². The van der Waals surface area contributed by atoms with Crippen LogP contribution in [-0.4, -0.2) is 14.6 Å². The van der Waals surface area contributed by atoms with Gasteiger partial charge in [-0.25, -0.2) is 9.50 Å². The first kappa shape index (κ1) is 17.0. The molecule has 0 saturated heterocycles. The Kier molecular flexibility index (Phi) is 3.53. The number of aromatic nitrogens is 3. The molecule has 0 N–H and O–H groups in total. The molecular formula is C25H31N3. The molecule has 4 aliphatic rings. The van der Waals surface area contributed by atoms with Crippen molar-refractivity contribution >= 4 is 11.2 Å². The van der Waals surface area contributed by atoms with E-state index in [-0.39, 0.29) is 5.41 Å². The molecule has 0 radical (unpaired) electrons. The fraction of sp³-hybridized carbons (Fsp3) is 0.600. The second kappa shape index (κ2) is 5.81. The first-order chi connectivity index (χ1) is 13.6. The molecule has 2 aromatic heterocycles. The molecule has 2 aromatic rings. The molecule has 0 aliphatic heterocycles. The molecule has 4 aliphatic carbocycles. The molecule has 0 amide bonds. The molecule has 146 valence electrons. The van der Waals surface area contributed by atoms with E-state index in [4.69, 9.17) is 0 Å². The fourth-order valence-corrected chi connectivity index (χ4v) is 7.70. The summed E-state index contributed by atoms with van der Waals surface area (Å²) in [5, 5.41) is 4.58. The summed E-state index contributed by atoms with van der Waals surface area (Å²) in [5.74, 6) is 2.51. The van der Waals surface area contributed by atoms with Crippen LogP contribution in [0.3, 0.4) is 0 Å². The van der Waals surface area contributed by atoms with E-state index in [0.717, 1.165) is 23.4 Å². The van der Waals surface area contributed by atoms with Crippen molar-refractivity contribution in [1.82, 2.24) is 14.6 Å². The first-order valence-electron chi connectivity index (χ1n) is 11.3. The van der Waals surface area contributed by atoms with Crippen molar-refractivity contribution in [2.45, 2.75) is 65.2 Å². The molecule has 0 spiro atoms. The van der Waals surface area contributed by atoms with Crippen molar-refractivity contribution in [3.8, 4) is 0 Å². The van der Waals surface area contributed by atoms with Gasteiger partial charge in [-0.05, 0) is 85.2 Å². The van der Waals surface area contributed by atoms with Crippen molar-refractivity contribution in [2.24, 2.45) is 28.6 Å². The van der Waals surface area contributed by atoms with Crippen molar-refractivity contribution in [3.05, 3.63) is 47.9 Å². The average Bonchev–Trinajstić information content (AvgIpc) is 3.28. The van der Waals surface area contributed by atoms with Gasteiger partial charge in [-0.15, -0.1) is 0 Å². The Bertz CT molecular complexity index is 998. The Labute approximate surface area is 167 Å². The third-order valence-corrected chi connectivity index (χ3v) is 9.17. The summed E-state index contributed by atoms with van der Waals surface area (Å²) in [6.07, 6.45) is 22.0. The van der Waals surface area contributed by atoms with Crippen LogP contribution >= 0.6 is 0 Å². The first-order valence-corrected chi connectivity index (χ1v) is 11.3. The van der Waals surface area contributed by atoms with E-state index in [0.29, 0.717) is 5.41 Å². The summed E-state index contributed by atoms with van der Waals surface area (Å²) in [4.78, 5) is 4.65. The Balaban J connectivity index is 1.38. The maximum atomic E-state index is 4.65. The lowest BCUT2D eigenvalue weighted by molar-refractivity contribution is -0.00977. The number of nitrogens with zero attached hydrogens (tertiary/aromatic N) is 3. The van der Waals surface area contributed by atoms with Gasteiger partial charge in [-0.3, -0.25) is 0 Å². The van der Waals surface area contributed by atoms with E-state index >= 15 is 0 Å². The fourth-order valence-electron chi connectivity index (χ4n) is 7.70. The zero-order valence-electron chi connectivity index (χ0n) is 17.2. The molecule has 6 rings (SSSR count). The highest BCUT2D eigenvalue weighted by atomic mass is 15.2. The number of rotatable bonds is 1. The molecule has 5 atom stereocenters. The second-order valence-electron chi connectivity index (χ2n) is 10.2. The SMILES string of the molecule is CC12CCC3C(CC=C4CCCC[C@@]43C)C1CC=C2c1cnn2cccnc12. The van der Waals surface area contributed by atoms with E-state index in [9.17, 15) is 0 Å². The lowest BCUT2D eigenvalue weighted by Crippen LogP contribution is -2.48. The normalized spacial score (nSPS) is 39.7. The van der Waals surface area contributed by atoms with E-state index in [2.05, 4.69) is 42.3 Å². The Hall–Kier alpha value is -1.90. The summed E-state index contributed by atoms with van der Waals surface area (Å²) in [5.41, 5.74) is 6.37. The van der Waals surface area contributed by atoms with Gasteiger partial charge in [0.2, 0.25) is 0 Å². The standard InChI is InChI=1S/C25H31N3/c1-24-12-4-3-6-17(24)7-8-18-20-9-10-21(25(20,2)13-11-22(18)24)19-16-27-28-15-5-14-26-23(19)28/h5,7,10,14-16,18,20,22H,3-4,6,8-9,11-13H2,1-2H3/t18?,20?,22?,24-,25?/m0/s1. The highest BCUT2D eigenvalue weighted by Gasteiger charge is 2.56. The van der Waals surface area contributed by atoms with E-state index < -0.39 is 0 Å². The van der Waals surface area contributed by atoms with Crippen LogP contribution in [0, 0.1) is 28.6 Å². The molecule has 0 aromatic carbocycles. The minimum atomic E-state index is 0.276. The molecule has 2 fully saturated rings. The van der Waals surface area contributed by atoms with Crippen LogP contribution in [-0.2, 0) is 0 Å². The Morgan fingerprint density at radius 3 is 2.89 bits per heavy atom. The number of hydrogen-bond donors (Lipinski definition) is 0. The lowest BCUT2D eigenvalue weighted by Gasteiger charge is -2.57. The van der Waals surface area contributed by atoms with Gasteiger partial charge in [0.05, 0.1) is 6.20 Å². The lowest BCUT2D eigenvalue weighted by atomic mass is 9.47. The van der Waals surface area contributed by atoms with Crippen LogP contribution in [0.4, 0.5) is 0 Å².